The van der Waals surface area contributed by atoms with Gasteiger partial charge >= 0.3 is 0 Å². The lowest BCUT2D eigenvalue weighted by Crippen LogP contribution is -2.34. The Hall–Kier alpha value is -1.39. The van der Waals surface area contributed by atoms with Gasteiger partial charge in [-0.15, -0.1) is 0 Å². The van der Waals surface area contributed by atoms with E-state index in [1.54, 1.807) is 0 Å². The fourth-order valence-electron chi connectivity index (χ4n) is 3.53. The molecule has 0 heterocycles. The van der Waals surface area contributed by atoms with Gasteiger partial charge in [-0.1, -0.05) is 30.3 Å². The molecule has 0 bridgehead atoms. The van der Waals surface area contributed by atoms with E-state index in [2.05, 4.69) is 5.32 Å². The number of amides is 1. The zero-order valence-corrected chi connectivity index (χ0v) is 11.7. The molecule has 108 valence electrons. The lowest BCUT2D eigenvalue weighted by Gasteiger charge is -2.18. The summed E-state index contributed by atoms with van der Waals surface area (Å²) in [5.74, 6) is 0.354. The summed E-state index contributed by atoms with van der Waals surface area (Å²) in [6.45, 7) is 2.68. The molecule has 0 unspecified atom stereocenters. The number of benzene rings is 1. The predicted octanol–water partition coefficient (Wildman–Crippen LogP) is 1.48. The molecule has 20 heavy (non-hydrogen) atoms. The third-order valence-corrected chi connectivity index (χ3v) is 4.68. The van der Waals surface area contributed by atoms with Crippen LogP contribution in [0.4, 0.5) is 0 Å². The molecular formula is C16H21NO3. The third-order valence-electron chi connectivity index (χ3n) is 4.68. The summed E-state index contributed by atoms with van der Waals surface area (Å²) in [5, 5.41) is 13.2. The summed E-state index contributed by atoms with van der Waals surface area (Å²) in [5.41, 5.74) is 1.02. The Morgan fingerprint density at radius 3 is 2.85 bits per heavy atom. The van der Waals surface area contributed by atoms with Gasteiger partial charge in [0.2, 0.25) is 5.91 Å². The van der Waals surface area contributed by atoms with Crippen molar-refractivity contribution in [2.24, 2.45) is 11.3 Å². The molecular weight excluding hydrogens is 254 g/mol. The molecule has 2 N–H and O–H groups in total. The van der Waals surface area contributed by atoms with E-state index < -0.39 is 0 Å². The summed E-state index contributed by atoms with van der Waals surface area (Å²) >= 11 is 0. The quantitative estimate of drug-likeness (QED) is 0.855. The standard InChI is InChI=1S/C16H21NO3/c1-11(18)17-14-7-15(19)16(8-13(14)16)10-20-9-12-5-3-2-4-6-12/h2-6,13-15,19H,7-10H2,1H3,(H,17,18)/t13-,14-,15-,16+/m0/s1. The van der Waals surface area contributed by atoms with Crippen LogP contribution in [0, 0.1) is 11.3 Å². The Morgan fingerprint density at radius 2 is 2.20 bits per heavy atom. The number of carbonyl (C=O) groups excluding carboxylic acids is 1. The largest absolute Gasteiger partial charge is 0.392 e. The van der Waals surface area contributed by atoms with E-state index in [1.165, 1.54) is 6.92 Å². The normalized spacial score (nSPS) is 34.6. The molecule has 4 atom stereocenters. The average molecular weight is 275 g/mol. The van der Waals surface area contributed by atoms with Gasteiger partial charge in [0.15, 0.2) is 0 Å². The van der Waals surface area contributed by atoms with Crippen LogP contribution >= 0.6 is 0 Å². The molecule has 4 heteroatoms. The summed E-state index contributed by atoms with van der Waals surface area (Å²) in [6, 6.07) is 10.2. The third kappa shape index (κ3) is 2.45. The summed E-state index contributed by atoms with van der Waals surface area (Å²) < 4.78 is 5.80. The number of aliphatic hydroxyl groups is 1. The fraction of sp³-hybridized carbons (Fsp3) is 0.562. The Labute approximate surface area is 119 Å². The summed E-state index contributed by atoms with van der Waals surface area (Å²) in [4.78, 5) is 11.1. The minimum absolute atomic E-state index is 0.0184. The number of hydrogen-bond acceptors (Lipinski definition) is 3. The Morgan fingerprint density at radius 1 is 1.45 bits per heavy atom. The van der Waals surface area contributed by atoms with E-state index in [0.29, 0.717) is 25.6 Å². The van der Waals surface area contributed by atoms with Gasteiger partial charge in [-0.2, -0.15) is 0 Å². The molecule has 0 spiro atoms. The molecule has 2 aliphatic carbocycles. The molecule has 1 amide bonds. The topological polar surface area (TPSA) is 58.6 Å². The summed E-state index contributed by atoms with van der Waals surface area (Å²) in [7, 11) is 0. The van der Waals surface area contributed by atoms with Crippen molar-refractivity contribution < 1.29 is 14.6 Å². The zero-order chi connectivity index (χ0) is 14.2. The number of fused-ring (bicyclic) bond motifs is 1. The highest BCUT2D eigenvalue weighted by Crippen LogP contribution is 2.63. The molecule has 3 rings (SSSR count). The monoisotopic (exact) mass is 275 g/mol. The van der Waals surface area contributed by atoms with Crippen LogP contribution in [-0.2, 0) is 16.1 Å². The molecule has 1 aromatic rings. The molecule has 2 fully saturated rings. The first-order chi connectivity index (χ1) is 9.62. The number of rotatable bonds is 5. The van der Waals surface area contributed by atoms with Crippen LogP contribution in [0.2, 0.25) is 0 Å². The van der Waals surface area contributed by atoms with Gasteiger partial charge < -0.3 is 15.2 Å². The zero-order valence-electron chi connectivity index (χ0n) is 11.7. The van der Waals surface area contributed by atoms with Crippen LogP contribution < -0.4 is 5.32 Å². The second-order valence-corrected chi connectivity index (χ2v) is 6.08. The first kappa shape index (κ1) is 13.6. The minimum atomic E-state index is -0.361. The number of aliphatic hydroxyl groups excluding tert-OH is 1. The molecule has 0 aliphatic heterocycles. The minimum Gasteiger partial charge on any atom is -0.392 e. The van der Waals surface area contributed by atoms with E-state index >= 15 is 0 Å². The number of hydrogen-bond donors (Lipinski definition) is 2. The van der Waals surface area contributed by atoms with E-state index in [-0.39, 0.29) is 23.5 Å². The van der Waals surface area contributed by atoms with E-state index in [4.69, 9.17) is 4.74 Å². The highest BCUT2D eigenvalue weighted by Gasteiger charge is 2.67. The van der Waals surface area contributed by atoms with Gasteiger partial charge in [0.25, 0.3) is 0 Å². The highest BCUT2D eigenvalue weighted by molar-refractivity contribution is 5.73. The Balaban J connectivity index is 1.53. The Kier molecular flexibility index (Phi) is 3.52. The number of ether oxygens (including phenoxy) is 1. The second kappa shape index (κ2) is 5.19. The molecule has 2 saturated carbocycles. The van der Waals surface area contributed by atoms with E-state index in [9.17, 15) is 9.90 Å². The van der Waals surface area contributed by atoms with Gasteiger partial charge in [0, 0.05) is 18.4 Å². The second-order valence-electron chi connectivity index (χ2n) is 6.08. The molecule has 0 radical (unpaired) electrons. The maximum absolute atomic E-state index is 11.1. The van der Waals surface area contributed by atoms with Crippen molar-refractivity contribution in [1.29, 1.82) is 0 Å². The number of nitrogens with one attached hydrogen (secondary N) is 1. The van der Waals surface area contributed by atoms with Crippen molar-refractivity contribution in [3.63, 3.8) is 0 Å². The molecule has 0 aromatic heterocycles. The van der Waals surface area contributed by atoms with Crippen molar-refractivity contribution in [3.8, 4) is 0 Å². The summed E-state index contributed by atoms with van der Waals surface area (Å²) in [6.07, 6.45) is 1.24. The predicted molar refractivity (Wildman–Crippen MR) is 74.9 cm³/mol. The van der Waals surface area contributed by atoms with Gasteiger partial charge in [0.05, 0.1) is 19.3 Å². The van der Waals surface area contributed by atoms with Crippen LogP contribution in [0.1, 0.15) is 25.3 Å². The van der Waals surface area contributed by atoms with Gasteiger partial charge in [-0.25, -0.2) is 0 Å². The van der Waals surface area contributed by atoms with Crippen molar-refractivity contribution in [2.75, 3.05) is 6.61 Å². The van der Waals surface area contributed by atoms with Crippen LogP contribution in [-0.4, -0.2) is 29.8 Å². The van der Waals surface area contributed by atoms with Crippen molar-refractivity contribution >= 4 is 5.91 Å². The van der Waals surface area contributed by atoms with Gasteiger partial charge in [0.1, 0.15) is 0 Å². The lowest BCUT2D eigenvalue weighted by atomic mass is 10.0. The Bertz CT molecular complexity index is 490. The first-order valence-corrected chi connectivity index (χ1v) is 7.19. The van der Waals surface area contributed by atoms with Crippen LogP contribution in [0.25, 0.3) is 0 Å². The first-order valence-electron chi connectivity index (χ1n) is 7.19. The SMILES string of the molecule is CC(=O)N[C@H]1C[C@H](O)[C@@]2(COCc3ccccc3)C[C@@H]12. The average Bonchev–Trinajstić information content (AvgIpc) is 3.09. The van der Waals surface area contributed by atoms with Gasteiger partial charge in [-0.3, -0.25) is 4.79 Å². The van der Waals surface area contributed by atoms with E-state index in [1.807, 2.05) is 30.3 Å². The number of carbonyl (C=O) groups is 1. The van der Waals surface area contributed by atoms with Gasteiger partial charge in [-0.05, 0) is 24.3 Å². The molecule has 1 aromatic carbocycles. The maximum Gasteiger partial charge on any atom is 0.217 e. The van der Waals surface area contributed by atoms with E-state index in [0.717, 1.165) is 12.0 Å². The van der Waals surface area contributed by atoms with Crippen LogP contribution in [0.3, 0.4) is 0 Å². The fourth-order valence-corrected chi connectivity index (χ4v) is 3.53. The molecule has 2 aliphatic rings. The van der Waals surface area contributed by atoms with Crippen molar-refractivity contribution in [3.05, 3.63) is 35.9 Å². The van der Waals surface area contributed by atoms with Crippen molar-refractivity contribution in [1.82, 2.24) is 5.32 Å². The van der Waals surface area contributed by atoms with Crippen LogP contribution in [0.15, 0.2) is 30.3 Å². The lowest BCUT2D eigenvalue weighted by molar-refractivity contribution is -0.119. The maximum atomic E-state index is 11.1. The van der Waals surface area contributed by atoms with Crippen molar-refractivity contribution in [2.45, 2.75) is 38.5 Å². The molecule has 4 nitrogen and oxygen atoms in total. The van der Waals surface area contributed by atoms with Crippen LogP contribution in [0.5, 0.6) is 0 Å². The highest BCUT2D eigenvalue weighted by atomic mass is 16.5. The molecule has 0 saturated heterocycles. The smallest absolute Gasteiger partial charge is 0.217 e.